The molecule has 0 spiro atoms. The SMILES string of the molecule is C=C1c2sc(-n3cc(-c4ccc5c(c4)c4ccccc4n5-c4ccccc4)nn3)cc2-c2cccc[n+]2C1(CC)CC. The molecule has 0 N–H and O–H groups in total. The highest BCUT2D eigenvalue weighted by atomic mass is 32.1. The first-order chi connectivity index (χ1) is 20.6. The Kier molecular flexibility index (Phi) is 5.56. The molecule has 0 atom stereocenters. The highest BCUT2D eigenvalue weighted by Crippen LogP contribution is 2.47. The van der Waals surface area contributed by atoms with Gasteiger partial charge in [0.2, 0.25) is 5.69 Å². The fourth-order valence-corrected chi connectivity index (χ4v) is 7.96. The van der Waals surface area contributed by atoms with Crippen molar-refractivity contribution >= 4 is 38.7 Å². The van der Waals surface area contributed by atoms with Crippen LogP contribution in [0.2, 0.25) is 0 Å². The normalized spacial score (nSPS) is 13.9. The number of aromatic nitrogens is 5. The van der Waals surface area contributed by atoms with Gasteiger partial charge in [-0.1, -0.05) is 68.1 Å². The summed E-state index contributed by atoms with van der Waals surface area (Å²) in [6.07, 6.45) is 6.23. The first-order valence-electron chi connectivity index (χ1n) is 14.5. The van der Waals surface area contributed by atoms with Crippen LogP contribution in [0.1, 0.15) is 31.6 Å². The van der Waals surface area contributed by atoms with Gasteiger partial charge in [-0.05, 0) is 42.5 Å². The van der Waals surface area contributed by atoms with Crippen LogP contribution in [0.3, 0.4) is 0 Å². The summed E-state index contributed by atoms with van der Waals surface area (Å²) in [5, 5.41) is 12.7. The van der Waals surface area contributed by atoms with E-state index >= 15 is 0 Å². The average molecular weight is 565 g/mol. The van der Waals surface area contributed by atoms with Crippen LogP contribution in [-0.2, 0) is 5.54 Å². The number of allylic oxidation sites excluding steroid dienone is 1. The van der Waals surface area contributed by atoms with E-state index < -0.39 is 0 Å². The summed E-state index contributed by atoms with van der Waals surface area (Å²) < 4.78 is 6.66. The van der Waals surface area contributed by atoms with Gasteiger partial charge in [-0.2, -0.15) is 4.57 Å². The van der Waals surface area contributed by atoms with Crippen LogP contribution in [0.4, 0.5) is 0 Å². The molecule has 0 bridgehead atoms. The van der Waals surface area contributed by atoms with Gasteiger partial charge >= 0.3 is 0 Å². The van der Waals surface area contributed by atoms with E-state index in [4.69, 9.17) is 0 Å². The summed E-state index contributed by atoms with van der Waals surface area (Å²) in [5.74, 6) is 0. The molecular weight excluding hydrogens is 534 g/mol. The van der Waals surface area contributed by atoms with E-state index in [0.717, 1.165) is 34.8 Å². The molecule has 204 valence electrons. The Bertz CT molecular complexity index is 2140. The largest absolute Gasteiger partial charge is 0.309 e. The second-order valence-corrected chi connectivity index (χ2v) is 12.0. The first-order valence-corrected chi connectivity index (χ1v) is 15.3. The van der Waals surface area contributed by atoms with Crippen molar-refractivity contribution < 1.29 is 4.57 Å². The van der Waals surface area contributed by atoms with E-state index in [9.17, 15) is 0 Å². The second kappa shape index (κ2) is 9.36. The molecule has 0 amide bonds. The van der Waals surface area contributed by atoms with Crippen LogP contribution in [0, 0.1) is 0 Å². The molecule has 0 saturated carbocycles. The van der Waals surface area contributed by atoms with Gasteiger partial charge in [0.05, 0.1) is 27.7 Å². The molecule has 6 heteroatoms. The number of rotatable bonds is 5. The molecule has 8 rings (SSSR count). The Balaban J connectivity index is 1.23. The molecule has 1 aliphatic rings. The van der Waals surface area contributed by atoms with Crippen molar-refractivity contribution in [2.75, 3.05) is 0 Å². The van der Waals surface area contributed by atoms with Crippen molar-refractivity contribution in [2.45, 2.75) is 32.2 Å². The van der Waals surface area contributed by atoms with Crippen LogP contribution >= 0.6 is 11.3 Å². The fourth-order valence-electron chi connectivity index (χ4n) is 6.81. The number of benzene rings is 3. The Morgan fingerprint density at radius 3 is 2.43 bits per heavy atom. The summed E-state index contributed by atoms with van der Waals surface area (Å²) in [5.41, 5.74) is 8.93. The van der Waals surface area contributed by atoms with E-state index in [2.05, 4.69) is 143 Å². The smallest absolute Gasteiger partial charge is 0.214 e. The third-order valence-electron chi connectivity index (χ3n) is 9.02. The zero-order chi connectivity index (χ0) is 28.4. The van der Waals surface area contributed by atoms with Gasteiger partial charge in [0.25, 0.3) is 0 Å². The van der Waals surface area contributed by atoms with Crippen molar-refractivity contribution in [1.82, 2.24) is 19.6 Å². The molecule has 5 nitrogen and oxygen atoms in total. The number of pyridine rings is 1. The maximum absolute atomic E-state index is 4.63. The number of thiophene rings is 1. The average Bonchev–Trinajstić information content (AvgIpc) is 3.78. The maximum Gasteiger partial charge on any atom is 0.214 e. The Labute approximate surface area is 248 Å². The van der Waals surface area contributed by atoms with Gasteiger partial charge in [-0.15, -0.1) is 16.4 Å². The molecule has 5 heterocycles. The molecule has 3 aromatic carbocycles. The van der Waals surface area contributed by atoms with Gasteiger partial charge in [-0.3, -0.25) is 0 Å². The Morgan fingerprint density at radius 2 is 1.60 bits per heavy atom. The van der Waals surface area contributed by atoms with Crippen LogP contribution in [0.15, 0.2) is 116 Å². The van der Waals surface area contributed by atoms with Gasteiger partial charge in [0.1, 0.15) is 10.7 Å². The predicted octanol–water partition coefficient (Wildman–Crippen LogP) is 8.59. The number of nitrogens with zero attached hydrogens (tertiary/aromatic N) is 5. The Hall–Kier alpha value is -4.81. The molecule has 0 saturated heterocycles. The number of fused-ring (bicyclic) bond motifs is 6. The highest BCUT2D eigenvalue weighted by Gasteiger charge is 2.47. The van der Waals surface area contributed by atoms with Gasteiger partial charge in [0.15, 0.2) is 11.7 Å². The Morgan fingerprint density at radius 1 is 0.833 bits per heavy atom. The number of hydrogen-bond donors (Lipinski definition) is 0. The lowest BCUT2D eigenvalue weighted by Gasteiger charge is -2.33. The second-order valence-electron chi connectivity index (χ2n) is 11.0. The van der Waals surface area contributed by atoms with Gasteiger partial charge < -0.3 is 4.57 Å². The molecule has 0 unspecified atom stereocenters. The van der Waals surface area contributed by atoms with E-state index in [1.807, 2.05) is 10.9 Å². The molecule has 0 aliphatic carbocycles. The summed E-state index contributed by atoms with van der Waals surface area (Å²) >= 11 is 1.75. The third-order valence-corrected chi connectivity index (χ3v) is 10.2. The van der Waals surface area contributed by atoms with Crippen molar-refractivity contribution in [2.24, 2.45) is 0 Å². The molecule has 1 aliphatic heterocycles. The molecule has 0 radical (unpaired) electrons. The van der Waals surface area contributed by atoms with Gasteiger partial charge in [0, 0.05) is 52.6 Å². The van der Waals surface area contributed by atoms with Crippen LogP contribution in [0.25, 0.3) is 60.6 Å². The van der Waals surface area contributed by atoms with E-state index in [1.165, 1.54) is 43.5 Å². The minimum atomic E-state index is -0.117. The third kappa shape index (κ3) is 3.45. The predicted molar refractivity (Wildman–Crippen MR) is 172 cm³/mol. The molecular formula is C36H30N5S+. The zero-order valence-electron chi connectivity index (χ0n) is 23.7. The van der Waals surface area contributed by atoms with Gasteiger partial charge in [-0.25, -0.2) is 4.68 Å². The van der Waals surface area contributed by atoms with Crippen molar-refractivity contribution in [1.29, 1.82) is 0 Å². The monoisotopic (exact) mass is 564 g/mol. The lowest BCUT2D eigenvalue weighted by Crippen LogP contribution is -2.58. The lowest BCUT2D eigenvalue weighted by atomic mass is 9.79. The molecule has 7 aromatic rings. The zero-order valence-corrected chi connectivity index (χ0v) is 24.5. The number of hydrogen-bond acceptors (Lipinski definition) is 3. The summed E-state index contributed by atoms with van der Waals surface area (Å²) in [6, 6.07) is 34.4. The summed E-state index contributed by atoms with van der Waals surface area (Å²) in [6.45, 7) is 9.15. The van der Waals surface area contributed by atoms with Crippen molar-refractivity contribution in [3.8, 4) is 33.2 Å². The fraction of sp³-hybridized carbons (Fsp3) is 0.139. The molecule has 4 aromatic heterocycles. The quantitative estimate of drug-likeness (QED) is 0.196. The molecule has 42 heavy (non-hydrogen) atoms. The van der Waals surface area contributed by atoms with E-state index in [-0.39, 0.29) is 5.54 Å². The van der Waals surface area contributed by atoms with Crippen molar-refractivity contribution in [3.05, 3.63) is 121 Å². The van der Waals surface area contributed by atoms with Crippen LogP contribution < -0.4 is 4.57 Å². The van der Waals surface area contributed by atoms with E-state index in [1.54, 1.807) is 11.3 Å². The first kappa shape index (κ1) is 24.9. The van der Waals surface area contributed by atoms with E-state index in [0.29, 0.717) is 0 Å². The van der Waals surface area contributed by atoms with Crippen LogP contribution in [-0.4, -0.2) is 19.6 Å². The number of para-hydroxylation sites is 2. The minimum absolute atomic E-state index is 0.117. The topological polar surface area (TPSA) is 39.5 Å². The lowest BCUT2D eigenvalue weighted by molar-refractivity contribution is -0.741. The minimum Gasteiger partial charge on any atom is -0.309 e. The summed E-state index contributed by atoms with van der Waals surface area (Å²) in [7, 11) is 0. The maximum atomic E-state index is 4.63. The summed E-state index contributed by atoms with van der Waals surface area (Å²) in [4.78, 5) is 1.24. The highest BCUT2D eigenvalue weighted by molar-refractivity contribution is 7.16. The van der Waals surface area contributed by atoms with Crippen LogP contribution in [0.5, 0.6) is 0 Å². The molecule has 0 fully saturated rings. The standard InChI is InChI=1S/C36H30N5S/c1-4-36(5-2)24(3)35-29(31-16-11-12-20-39(31)36)22-34(42-35)40-23-30(37-38-40)25-18-19-33-28(21-25)27-15-9-10-17-32(27)41(33)26-13-7-6-8-14-26/h6-23H,3-5H2,1-2H3/q+1. The van der Waals surface area contributed by atoms with Crippen molar-refractivity contribution in [3.63, 3.8) is 0 Å².